The number of aromatic nitrogens is 2. The molecule has 150 valence electrons. The fraction of sp³-hybridized carbons (Fsp3) is 0.450. The van der Waals surface area contributed by atoms with Crippen LogP contribution in [0.3, 0.4) is 0 Å². The molecule has 1 fully saturated rings. The van der Waals surface area contributed by atoms with Gasteiger partial charge in [-0.05, 0) is 19.1 Å². The van der Waals surface area contributed by atoms with Crippen LogP contribution in [-0.4, -0.2) is 65.9 Å². The number of aliphatic imine (C=N–C) groups is 1. The Balaban J connectivity index is 1.55. The van der Waals surface area contributed by atoms with Gasteiger partial charge in [-0.3, -0.25) is 14.5 Å². The Morgan fingerprint density at radius 3 is 2.86 bits per heavy atom. The first-order chi connectivity index (χ1) is 13.7. The zero-order valence-corrected chi connectivity index (χ0v) is 16.5. The van der Waals surface area contributed by atoms with Gasteiger partial charge in [-0.2, -0.15) is 5.10 Å². The molecule has 1 atom stereocenters. The van der Waals surface area contributed by atoms with Gasteiger partial charge in [-0.1, -0.05) is 18.2 Å². The molecule has 1 unspecified atom stereocenters. The van der Waals surface area contributed by atoms with E-state index in [4.69, 9.17) is 4.74 Å². The SMILES string of the molecule is CCNC(=NCCNC(=O)c1ccccc1)N1CCOC(c2cnn(C)c2)C1. The highest BCUT2D eigenvalue weighted by Gasteiger charge is 2.25. The minimum Gasteiger partial charge on any atom is -0.370 e. The lowest BCUT2D eigenvalue weighted by atomic mass is 10.1. The lowest BCUT2D eigenvalue weighted by molar-refractivity contribution is -0.00803. The number of aryl methyl sites for hydroxylation is 1. The Hall–Kier alpha value is -2.87. The maximum absolute atomic E-state index is 12.1. The lowest BCUT2D eigenvalue weighted by Crippen LogP contribution is -2.48. The van der Waals surface area contributed by atoms with Crippen molar-refractivity contribution in [1.82, 2.24) is 25.3 Å². The predicted octanol–water partition coefficient (Wildman–Crippen LogP) is 1.19. The normalized spacial score (nSPS) is 17.4. The molecule has 1 saturated heterocycles. The molecule has 0 radical (unpaired) electrons. The second-order valence-electron chi connectivity index (χ2n) is 6.61. The Kier molecular flexibility index (Phi) is 7.02. The number of carbonyl (C=O) groups is 1. The quantitative estimate of drug-likeness (QED) is 0.444. The topological polar surface area (TPSA) is 83.8 Å². The first kappa shape index (κ1) is 19.9. The number of ether oxygens (including phenoxy) is 1. The third-order valence-corrected chi connectivity index (χ3v) is 4.49. The number of amides is 1. The Bertz CT molecular complexity index is 789. The summed E-state index contributed by atoms with van der Waals surface area (Å²) in [6.45, 7) is 5.95. The van der Waals surface area contributed by atoms with E-state index in [9.17, 15) is 4.79 Å². The number of hydrogen-bond donors (Lipinski definition) is 2. The molecular weight excluding hydrogens is 356 g/mol. The summed E-state index contributed by atoms with van der Waals surface area (Å²) >= 11 is 0. The summed E-state index contributed by atoms with van der Waals surface area (Å²) in [5.41, 5.74) is 1.73. The monoisotopic (exact) mass is 384 g/mol. The van der Waals surface area contributed by atoms with Gasteiger partial charge in [0.2, 0.25) is 0 Å². The molecule has 1 aliphatic heterocycles. The summed E-state index contributed by atoms with van der Waals surface area (Å²) in [6, 6.07) is 9.20. The smallest absolute Gasteiger partial charge is 0.251 e. The molecule has 2 aromatic rings. The van der Waals surface area contributed by atoms with Gasteiger partial charge < -0.3 is 20.3 Å². The second-order valence-corrected chi connectivity index (χ2v) is 6.61. The number of benzene rings is 1. The van der Waals surface area contributed by atoms with Crippen molar-refractivity contribution in [1.29, 1.82) is 0 Å². The van der Waals surface area contributed by atoms with E-state index >= 15 is 0 Å². The van der Waals surface area contributed by atoms with Gasteiger partial charge in [-0.15, -0.1) is 0 Å². The number of nitrogens with zero attached hydrogens (tertiary/aromatic N) is 4. The van der Waals surface area contributed by atoms with E-state index in [0.29, 0.717) is 31.8 Å². The summed E-state index contributed by atoms with van der Waals surface area (Å²) in [6.07, 6.45) is 3.80. The predicted molar refractivity (Wildman–Crippen MR) is 108 cm³/mol. The summed E-state index contributed by atoms with van der Waals surface area (Å²) in [7, 11) is 1.90. The van der Waals surface area contributed by atoms with E-state index in [-0.39, 0.29) is 12.0 Å². The average molecular weight is 384 g/mol. The van der Waals surface area contributed by atoms with Crippen LogP contribution in [0, 0.1) is 0 Å². The van der Waals surface area contributed by atoms with Crippen molar-refractivity contribution in [2.24, 2.45) is 12.0 Å². The van der Waals surface area contributed by atoms with Gasteiger partial charge in [0.05, 0.1) is 25.9 Å². The average Bonchev–Trinajstić information content (AvgIpc) is 3.17. The van der Waals surface area contributed by atoms with Crippen LogP contribution in [-0.2, 0) is 11.8 Å². The van der Waals surface area contributed by atoms with Crippen molar-refractivity contribution in [2.75, 3.05) is 39.3 Å². The molecule has 0 saturated carbocycles. The van der Waals surface area contributed by atoms with Crippen LogP contribution in [0.2, 0.25) is 0 Å². The number of rotatable bonds is 6. The fourth-order valence-corrected chi connectivity index (χ4v) is 3.10. The third-order valence-electron chi connectivity index (χ3n) is 4.49. The van der Waals surface area contributed by atoms with Crippen LogP contribution < -0.4 is 10.6 Å². The van der Waals surface area contributed by atoms with Crippen LogP contribution in [0.25, 0.3) is 0 Å². The summed E-state index contributed by atoms with van der Waals surface area (Å²) in [5, 5.41) is 10.5. The van der Waals surface area contributed by atoms with Crippen LogP contribution >= 0.6 is 0 Å². The molecule has 8 nitrogen and oxygen atoms in total. The molecule has 1 amide bonds. The molecule has 1 aliphatic rings. The molecule has 28 heavy (non-hydrogen) atoms. The maximum atomic E-state index is 12.1. The number of hydrogen-bond acceptors (Lipinski definition) is 4. The van der Waals surface area contributed by atoms with Crippen LogP contribution in [0.5, 0.6) is 0 Å². The van der Waals surface area contributed by atoms with E-state index in [1.165, 1.54) is 0 Å². The number of guanidine groups is 1. The number of carbonyl (C=O) groups excluding carboxylic acids is 1. The fourth-order valence-electron chi connectivity index (χ4n) is 3.10. The summed E-state index contributed by atoms with van der Waals surface area (Å²) in [4.78, 5) is 19.0. The molecular formula is C20H28N6O2. The van der Waals surface area contributed by atoms with Crippen LogP contribution in [0.4, 0.5) is 0 Å². The second kappa shape index (κ2) is 9.89. The van der Waals surface area contributed by atoms with Crippen molar-refractivity contribution in [3.05, 3.63) is 53.9 Å². The van der Waals surface area contributed by atoms with Crippen molar-refractivity contribution in [3.8, 4) is 0 Å². The van der Waals surface area contributed by atoms with Gasteiger partial charge in [0, 0.05) is 44.0 Å². The first-order valence-electron chi connectivity index (χ1n) is 9.64. The molecule has 2 heterocycles. The molecule has 3 rings (SSSR count). The summed E-state index contributed by atoms with van der Waals surface area (Å²) in [5.74, 6) is 0.762. The molecule has 0 spiro atoms. The van der Waals surface area contributed by atoms with Crippen LogP contribution in [0.1, 0.15) is 28.9 Å². The van der Waals surface area contributed by atoms with E-state index in [1.54, 1.807) is 16.8 Å². The number of morpholine rings is 1. The molecule has 8 heteroatoms. The minimum atomic E-state index is -0.0798. The molecule has 1 aromatic heterocycles. The minimum absolute atomic E-state index is 0.0240. The van der Waals surface area contributed by atoms with Crippen molar-refractivity contribution in [2.45, 2.75) is 13.0 Å². The highest BCUT2D eigenvalue weighted by Crippen LogP contribution is 2.21. The zero-order chi connectivity index (χ0) is 19.8. The van der Waals surface area contributed by atoms with Crippen molar-refractivity contribution in [3.63, 3.8) is 0 Å². The molecule has 1 aromatic carbocycles. The van der Waals surface area contributed by atoms with Crippen molar-refractivity contribution >= 4 is 11.9 Å². The number of nitrogens with one attached hydrogen (secondary N) is 2. The Labute approximate surface area is 165 Å². The van der Waals surface area contributed by atoms with Gasteiger partial charge >= 0.3 is 0 Å². The van der Waals surface area contributed by atoms with Gasteiger partial charge in [-0.25, -0.2) is 0 Å². The standard InChI is InChI=1S/C20H28N6O2/c1-3-21-20(23-10-9-22-19(27)16-7-5-4-6-8-16)26-11-12-28-18(15-26)17-13-24-25(2)14-17/h4-8,13-14,18H,3,9-12,15H2,1-2H3,(H,21,23)(H,22,27). The Morgan fingerprint density at radius 2 is 2.14 bits per heavy atom. The Morgan fingerprint density at radius 1 is 1.32 bits per heavy atom. The van der Waals surface area contributed by atoms with Crippen molar-refractivity contribution < 1.29 is 9.53 Å². The van der Waals surface area contributed by atoms with E-state index < -0.39 is 0 Å². The maximum Gasteiger partial charge on any atom is 0.251 e. The van der Waals surface area contributed by atoms with E-state index in [2.05, 4.69) is 25.6 Å². The highest BCUT2D eigenvalue weighted by atomic mass is 16.5. The first-order valence-corrected chi connectivity index (χ1v) is 9.64. The molecule has 0 bridgehead atoms. The van der Waals surface area contributed by atoms with Gasteiger partial charge in [0.15, 0.2) is 5.96 Å². The van der Waals surface area contributed by atoms with E-state index in [1.807, 2.05) is 44.6 Å². The highest BCUT2D eigenvalue weighted by molar-refractivity contribution is 5.94. The largest absolute Gasteiger partial charge is 0.370 e. The lowest BCUT2D eigenvalue weighted by Gasteiger charge is -2.34. The van der Waals surface area contributed by atoms with Crippen LogP contribution in [0.15, 0.2) is 47.7 Å². The van der Waals surface area contributed by atoms with Gasteiger partial charge in [0.1, 0.15) is 6.10 Å². The molecule has 2 N–H and O–H groups in total. The van der Waals surface area contributed by atoms with E-state index in [0.717, 1.165) is 24.6 Å². The zero-order valence-electron chi connectivity index (χ0n) is 16.5. The third kappa shape index (κ3) is 5.32. The summed E-state index contributed by atoms with van der Waals surface area (Å²) < 4.78 is 7.69. The molecule has 0 aliphatic carbocycles. The van der Waals surface area contributed by atoms with Gasteiger partial charge in [0.25, 0.3) is 5.91 Å².